The molecule has 142 valence electrons. The fourth-order valence-corrected chi connectivity index (χ4v) is 2.43. The highest BCUT2D eigenvalue weighted by Gasteiger charge is 2.21. The highest BCUT2D eigenvalue weighted by atomic mass is 16.2. The van der Waals surface area contributed by atoms with Gasteiger partial charge in [0.2, 0.25) is 11.8 Å². The van der Waals surface area contributed by atoms with Gasteiger partial charge < -0.3 is 10.2 Å². The number of aromatic nitrogens is 2. The van der Waals surface area contributed by atoms with E-state index in [1.165, 1.54) is 0 Å². The lowest BCUT2D eigenvalue weighted by Crippen LogP contribution is -2.39. The summed E-state index contributed by atoms with van der Waals surface area (Å²) in [6.07, 6.45) is 2.36. The van der Waals surface area contributed by atoms with Gasteiger partial charge in [0.15, 0.2) is 0 Å². The molecule has 0 saturated carbocycles. The molecule has 0 aliphatic carbocycles. The van der Waals surface area contributed by atoms with E-state index < -0.39 is 0 Å². The van der Waals surface area contributed by atoms with Crippen LogP contribution >= 0.6 is 0 Å². The van der Waals surface area contributed by atoms with Crippen LogP contribution in [0.3, 0.4) is 0 Å². The molecule has 0 spiro atoms. The Bertz CT molecular complexity index is 585. The van der Waals surface area contributed by atoms with Crippen LogP contribution in [0.1, 0.15) is 66.5 Å². The number of unbranched alkanes of at least 4 members (excludes halogenated alkanes) is 1. The molecule has 1 rings (SSSR count). The van der Waals surface area contributed by atoms with Gasteiger partial charge in [0.1, 0.15) is 5.82 Å². The highest BCUT2D eigenvalue weighted by Crippen LogP contribution is 2.23. The quantitative estimate of drug-likeness (QED) is 0.782. The van der Waals surface area contributed by atoms with Gasteiger partial charge in [-0.15, -0.1) is 0 Å². The Morgan fingerprint density at radius 3 is 2.44 bits per heavy atom. The molecule has 25 heavy (non-hydrogen) atoms. The Kier molecular flexibility index (Phi) is 7.64. The van der Waals surface area contributed by atoms with Gasteiger partial charge in [-0.2, -0.15) is 5.10 Å². The molecule has 6 nitrogen and oxygen atoms in total. The van der Waals surface area contributed by atoms with Crippen molar-refractivity contribution in [3.05, 3.63) is 11.8 Å². The van der Waals surface area contributed by atoms with Gasteiger partial charge in [0.05, 0.1) is 12.2 Å². The standard InChI is InChI=1S/C19H34N4O2/c1-8-9-10-23(18(25)11-14(2)3)13-17(24)20-16-12-15(19(4,5)6)21-22(16)7/h12,14H,8-11,13H2,1-7H3,(H,20,24). The average molecular weight is 351 g/mol. The fourth-order valence-electron chi connectivity index (χ4n) is 2.43. The summed E-state index contributed by atoms with van der Waals surface area (Å²) in [7, 11) is 1.81. The van der Waals surface area contributed by atoms with Crippen molar-refractivity contribution in [2.45, 2.75) is 66.2 Å². The van der Waals surface area contributed by atoms with E-state index in [0.717, 1.165) is 18.5 Å². The Labute approximate surface area is 152 Å². The monoisotopic (exact) mass is 350 g/mol. The van der Waals surface area contributed by atoms with Crippen molar-refractivity contribution >= 4 is 17.6 Å². The van der Waals surface area contributed by atoms with Gasteiger partial charge in [-0.05, 0) is 12.3 Å². The largest absolute Gasteiger partial charge is 0.333 e. The van der Waals surface area contributed by atoms with Gasteiger partial charge in [-0.25, -0.2) is 0 Å². The van der Waals surface area contributed by atoms with E-state index in [9.17, 15) is 9.59 Å². The van der Waals surface area contributed by atoms with Crippen LogP contribution in [0.25, 0.3) is 0 Å². The zero-order chi connectivity index (χ0) is 19.2. The summed E-state index contributed by atoms with van der Waals surface area (Å²) >= 11 is 0. The zero-order valence-electron chi connectivity index (χ0n) is 16.8. The van der Waals surface area contributed by atoms with Crippen LogP contribution in [-0.4, -0.2) is 39.6 Å². The van der Waals surface area contributed by atoms with E-state index in [2.05, 4.69) is 38.1 Å². The van der Waals surface area contributed by atoms with Crippen LogP contribution < -0.4 is 5.32 Å². The molecule has 0 fully saturated rings. The van der Waals surface area contributed by atoms with Gasteiger partial charge in [-0.3, -0.25) is 14.3 Å². The first kappa shape index (κ1) is 21.2. The van der Waals surface area contributed by atoms with Crippen molar-refractivity contribution in [3.63, 3.8) is 0 Å². The summed E-state index contributed by atoms with van der Waals surface area (Å²) in [5.74, 6) is 0.795. The SMILES string of the molecule is CCCCN(CC(=O)Nc1cc(C(C)(C)C)nn1C)C(=O)CC(C)C. The van der Waals surface area contributed by atoms with E-state index in [1.54, 1.807) is 9.58 Å². The summed E-state index contributed by atoms with van der Waals surface area (Å²) in [6.45, 7) is 13.1. The first-order chi connectivity index (χ1) is 11.5. The number of nitrogens with one attached hydrogen (secondary N) is 1. The number of nitrogens with zero attached hydrogens (tertiary/aromatic N) is 3. The van der Waals surface area contributed by atoms with E-state index in [0.29, 0.717) is 18.8 Å². The zero-order valence-corrected chi connectivity index (χ0v) is 16.8. The number of aryl methyl sites for hydroxylation is 1. The van der Waals surface area contributed by atoms with Crippen molar-refractivity contribution in [3.8, 4) is 0 Å². The minimum Gasteiger partial charge on any atom is -0.333 e. The lowest BCUT2D eigenvalue weighted by Gasteiger charge is -2.23. The maximum atomic E-state index is 12.4. The second-order valence-electron chi connectivity index (χ2n) is 8.10. The Hall–Kier alpha value is -1.85. The summed E-state index contributed by atoms with van der Waals surface area (Å²) in [6, 6.07) is 1.89. The second kappa shape index (κ2) is 9.02. The van der Waals surface area contributed by atoms with Crippen molar-refractivity contribution in [1.82, 2.24) is 14.7 Å². The summed E-state index contributed by atoms with van der Waals surface area (Å²) < 4.78 is 1.67. The number of amides is 2. The summed E-state index contributed by atoms with van der Waals surface area (Å²) in [5.41, 5.74) is 0.838. The number of rotatable bonds is 8. The highest BCUT2D eigenvalue weighted by molar-refractivity contribution is 5.94. The van der Waals surface area contributed by atoms with Crippen LogP contribution in [-0.2, 0) is 22.1 Å². The smallest absolute Gasteiger partial charge is 0.245 e. The maximum absolute atomic E-state index is 12.4. The van der Waals surface area contributed by atoms with E-state index in [1.807, 2.05) is 27.0 Å². The van der Waals surface area contributed by atoms with Gasteiger partial charge in [0, 0.05) is 31.5 Å². The lowest BCUT2D eigenvalue weighted by molar-refractivity contribution is -0.135. The van der Waals surface area contributed by atoms with E-state index in [-0.39, 0.29) is 29.7 Å². The number of hydrogen-bond donors (Lipinski definition) is 1. The molecule has 0 saturated heterocycles. The molecule has 0 aromatic carbocycles. The van der Waals surface area contributed by atoms with Crippen molar-refractivity contribution in [1.29, 1.82) is 0 Å². The number of carbonyl (C=O) groups is 2. The molecule has 0 aliphatic rings. The summed E-state index contributed by atoms with van der Waals surface area (Å²) in [5, 5.41) is 7.35. The third-order valence-electron chi connectivity index (χ3n) is 3.97. The molecule has 0 radical (unpaired) electrons. The van der Waals surface area contributed by atoms with Crippen LogP contribution in [0.15, 0.2) is 6.07 Å². The third-order valence-corrected chi connectivity index (χ3v) is 3.97. The maximum Gasteiger partial charge on any atom is 0.245 e. The first-order valence-corrected chi connectivity index (χ1v) is 9.16. The fraction of sp³-hybridized carbons (Fsp3) is 0.737. The number of carbonyl (C=O) groups excluding carboxylic acids is 2. The van der Waals surface area contributed by atoms with Crippen LogP contribution in [0.4, 0.5) is 5.82 Å². The van der Waals surface area contributed by atoms with E-state index >= 15 is 0 Å². The van der Waals surface area contributed by atoms with Crippen molar-refractivity contribution < 1.29 is 9.59 Å². The van der Waals surface area contributed by atoms with Crippen LogP contribution in [0.5, 0.6) is 0 Å². The predicted octanol–water partition coefficient (Wildman–Crippen LogP) is 3.33. The van der Waals surface area contributed by atoms with Crippen molar-refractivity contribution in [2.24, 2.45) is 13.0 Å². The minimum absolute atomic E-state index is 0.0407. The number of anilines is 1. The molecule has 1 heterocycles. The molecule has 1 N–H and O–H groups in total. The van der Waals surface area contributed by atoms with Gasteiger partial charge >= 0.3 is 0 Å². The van der Waals surface area contributed by atoms with Gasteiger partial charge in [0.25, 0.3) is 0 Å². The molecular weight excluding hydrogens is 316 g/mol. The van der Waals surface area contributed by atoms with Gasteiger partial charge in [-0.1, -0.05) is 48.0 Å². The Morgan fingerprint density at radius 1 is 1.32 bits per heavy atom. The molecule has 0 atom stereocenters. The minimum atomic E-state index is -0.184. The Morgan fingerprint density at radius 2 is 1.96 bits per heavy atom. The normalized spacial score (nSPS) is 11.7. The molecular formula is C19H34N4O2. The molecule has 0 unspecified atom stereocenters. The molecule has 6 heteroatoms. The molecule has 1 aromatic heterocycles. The molecule has 2 amide bonds. The summed E-state index contributed by atoms with van der Waals surface area (Å²) in [4.78, 5) is 26.5. The first-order valence-electron chi connectivity index (χ1n) is 9.16. The topological polar surface area (TPSA) is 67.2 Å². The third kappa shape index (κ3) is 6.88. The van der Waals surface area contributed by atoms with Crippen LogP contribution in [0.2, 0.25) is 0 Å². The number of hydrogen-bond acceptors (Lipinski definition) is 3. The lowest BCUT2D eigenvalue weighted by atomic mass is 9.92. The van der Waals surface area contributed by atoms with E-state index in [4.69, 9.17) is 0 Å². The average Bonchev–Trinajstić information content (AvgIpc) is 2.83. The molecule has 1 aromatic rings. The van der Waals surface area contributed by atoms with Crippen molar-refractivity contribution in [2.75, 3.05) is 18.4 Å². The predicted molar refractivity (Wildman–Crippen MR) is 101 cm³/mol. The second-order valence-corrected chi connectivity index (χ2v) is 8.10. The molecule has 0 bridgehead atoms. The van der Waals surface area contributed by atoms with Crippen LogP contribution in [0, 0.1) is 5.92 Å². The Balaban J connectivity index is 2.77. The molecule has 0 aliphatic heterocycles.